The quantitative estimate of drug-likeness (QED) is 0.292. The summed E-state index contributed by atoms with van der Waals surface area (Å²) in [5, 5.41) is 17.3. The van der Waals surface area contributed by atoms with Crippen LogP contribution in [0.25, 0.3) is 5.82 Å². The topological polar surface area (TPSA) is 126 Å². The van der Waals surface area contributed by atoms with Crippen molar-refractivity contribution in [2.24, 2.45) is 10.9 Å². The molecule has 1 aliphatic rings. The van der Waals surface area contributed by atoms with Crippen LogP contribution < -0.4 is 10.6 Å². The van der Waals surface area contributed by atoms with E-state index >= 15 is 0 Å². The number of H-pyrrole nitrogens is 1. The van der Waals surface area contributed by atoms with Gasteiger partial charge in [-0.15, -0.1) is 0 Å². The van der Waals surface area contributed by atoms with Crippen LogP contribution in [-0.2, 0) is 4.79 Å². The van der Waals surface area contributed by atoms with E-state index in [1.807, 2.05) is 39.0 Å². The number of rotatable bonds is 9. The van der Waals surface area contributed by atoms with E-state index in [0.29, 0.717) is 18.2 Å². The Morgan fingerprint density at radius 2 is 2.00 bits per heavy atom. The normalized spacial score (nSPS) is 18.5. The Bertz CT molecular complexity index is 1320. The van der Waals surface area contributed by atoms with E-state index in [2.05, 4.69) is 42.6 Å². The summed E-state index contributed by atoms with van der Waals surface area (Å²) in [5.74, 6) is 2.42. The van der Waals surface area contributed by atoms with Crippen LogP contribution in [0.1, 0.15) is 55.7 Å². The third-order valence-corrected chi connectivity index (χ3v) is 6.30. The first-order valence-corrected chi connectivity index (χ1v) is 12.3. The molecule has 0 saturated heterocycles. The van der Waals surface area contributed by atoms with Gasteiger partial charge in [0, 0.05) is 41.9 Å². The highest BCUT2D eigenvalue weighted by Crippen LogP contribution is 2.35. The first kappa shape index (κ1) is 25.9. The highest BCUT2D eigenvalue weighted by molar-refractivity contribution is 5.79. The summed E-state index contributed by atoms with van der Waals surface area (Å²) in [6, 6.07) is 3.82. The zero-order valence-electron chi connectivity index (χ0n) is 21.3. The minimum absolute atomic E-state index is 0.0357. The molecule has 10 nitrogen and oxygen atoms in total. The maximum atomic E-state index is 13.2. The zero-order valence-corrected chi connectivity index (χ0v) is 21.3. The lowest BCUT2D eigenvalue weighted by Crippen LogP contribution is -2.34. The van der Waals surface area contributed by atoms with Crippen LogP contribution in [0.4, 0.5) is 16.0 Å². The molecular weight excluding hydrogens is 473 g/mol. The molecule has 37 heavy (non-hydrogen) atoms. The van der Waals surface area contributed by atoms with Gasteiger partial charge in [-0.2, -0.15) is 10.2 Å². The predicted molar refractivity (Wildman–Crippen MR) is 141 cm³/mol. The molecule has 0 spiro atoms. The predicted octanol–water partition coefficient (Wildman–Crippen LogP) is 4.43. The van der Waals surface area contributed by atoms with Crippen LogP contribution in [0.2, 0.25) is 0 Å². The molecule has 0 aliphatic heterocycles. The van der Waals surface area contributed by atoms with Gasteiger partial charge in [0.15, 0.2) is 17.5 Å². The molecule has 3 aromatic rings. The van der Waals surface area contributed by atoms with Gasteiger partial charge in [0.1, 0.15) is 11.6 Å². The molecule has 194 valence electrons. The number of halogens is 1. The molecule has 0 bridgehead atoms. The van der Waals surface area contributed by atoms with Gasteiger partial charge in [0.05, 0.1) is 12.4 Å². The number of anilines is 2. The summed E-state index contributed by atoms with van der Waals surface area (Å²) >= 11 is 0. The number of allylic oxidation sites excluding steroid dienone is 2. The maximum Gasteiger partial charge on any atom is 0.223 e. The molecule has 3 N–H and O–H groups in total. The smallest absolute Gasteiger partial charge is 0.223 e. The largest absolute Gasteiger partial charge is 0.352 e. The molecule has 0 aromatic carbocycles. The third kappa shape index (κ3) is 6.96. The second kappa shape index (κ2) is 11.7. The lowest BCUT2D eigenvalue weighted by molar-refractivity contribution is -0.125. The summed E-state index contributed by atoms with van der Waals surface area (Å²) in [5.41, 5.74) is 2.79. The Kier molecular flexibility index (Phi) is 8.22. The lowest BCUT2D eigenvalue weighted by Gasteiger charge is -2.27. The van der Waals surface area contributed by atoms with Crippen LogP contribution in [-0.4, -0.2) is 49.1 Å². The van der Waals surface area contributed by atoms with E-state index in [-0.39, 0.29) is 17.7 Å². The van der Waals surface area contributed by atoms with Crippen LogP contribution in [0.15, 0.2) is 47.2 Å². The molecule has 0 unspecified atom stereocenters. The zero-order chi connectivity index (χ0) is 26.4. The number of aromatic amines is 1. The van der Waals surface area contributed by atoms with Gasteiger partial charge in [0.2, 0.25) is 5.91 Å². The van der Waals surface area contributed by atoms with Crippen LogP contribution >= 0.6 is 0 Å². The van der Waals surface area contributed by atoms with E-state index in [9.17, 15) is 9.18 Å². The second-order valence-electron chi connectivity index (χ2n) is 9.38. The number of aromatic nitrogens is 6. The highest BCUT2D eigenvalue weighted by Gasteiger charge is 2.28. The number of carbonyl (C=O) groups excluding carboxylic acids is 1. The summed E-state index contributed by atoms with van der Waals surface area (Å²) < 4.78 is 14.5. The first-order valence-electron chi connectivity index (χ1n) is 12.3. The number of nitrogens with one attached hydrogen (secondary N) is 3. The number of nitrogens with zero attached hydrogens (tertiary/aromatic N) is 6. The van der Waals surface area contributed by atoms with Gasteiger partial charge in [-0.1, -0.05) is 11.6 Å². The average molecular weight is 506 g/mol. The molecule has 1 aliphatic carbocycles. The Morgan fingerprint density at radius 3 is 2.65 bits per heavy atom. The number of aliphatic imine (C=N–C) groups is 1. The third-order valence-electron chi connectivity index (χ3n) is 6.30. The minimum Gasteiger partial charge on any atom is -0.352 e. The van der Waals surface area contributed by atoms with Gasteiger partial charge < -0.3 is 10.6 Å². The van der Waals surface area contributed by atoms with E-state index in [4.69, 9.17) is 4.98 Å². The average Bonchev–Trinajstić information content (AvgIpc) is 3.50. The lowest BCUT2D eigenvalue weighted by atomic mass is 9.81. The number of hydrogen-bond donors (Lipinski definition) is 3. The second-order valence-corrected chi connectivity index (χ2v) is 9.38. The molecule has 1 fully saturated rings. The Balaban J connectivity index is 1.29. The molecule has 0 atom stereocenters. The van der Waals surface area contributed by atoms with Crippen molar-refractivity contribution in [3.8, 4) is 0 Å². The molecular formula is C26H32FN9O. The first-order chi connectivity index (χ1) is 17.8. The van der Waals surface area contributed by atoms with Crippen molar-refractivity contribution in [2.45, 2.75) is 52.4 Å². The van der Waals surface area contributed by atoms with Crippen LogP contribution in [0.5, 0.6) is 0 Å². The summed E-state index contributed by atoms with van der Waals surface area (Å²) in [6.07, 6.45) is 9.11. The minimum atomic E-state index is -0.451. The number of amides is 1. The number of carbonyl (C=O) groups is 1. The molecule has 3 aromatic heterocycles. The van der Waals surface area contributed by atoms with Gasteiger partial charge in [0.25, 0.3) is 0 Å². The van der Waals surface area contributed by atoms with Crippen molar-refractivity contribution in [3.05, 3.63) is 65.3 Å². The molecule has 3 heterocycles. The Morgan fingerprint density at radius 1 is 1.22 bits per heavy atom. The Labute approximate surface area is 215 Å². The van der Waals surface area contributed by atoms with Crippen LogP contribution in [0, 0.1) is 25.6 Å². The summed E-state index contributed by atoms with van der Waals surface area (Å²) in [6.45, 7) is 9.72. The van der Waals surface area contributed by atoms with Gasteiger partial charge in [-0.25, -0.2) is 24.0 Å². The highest BCUT2D eigenvalue weighted by atomic mass is 19.1. The van der Waals surface area contributed by atoms with Crippen molar-refractivity contribution in [2.75, 3.05) is 11.9 Å². The SMILES string of the molecule is C=N/C(=C\C=C(/C)CNC(=O)C1CCC(c2nc(C)cc(Nc3cc(C)[nH]n3)n2)CC1)n1cc(F)cn1. The molecule has 4 rings (SSSR count). The van der Waals surface area contributed by atoms with Crippen molar-refractivity contribution in [3.63, 3.8) is 0 Å². The van der Waals surface area contributed by atoms with Gasteiger partial charge >= 0.3 is 0 Å². The van der Waals surface area contributed by atoms with Gasteiger partial charge in [-0.3, -0.25) is 9.89 Å². The number of hydrogen-bond acceptors (Lipinski definition) is 7. The van der Waals surface area contributed by atoms with E-state index in [1.165, 1.54) is 10.9 Å². The van der Waals surface area contributed by atoms with E-state index < -0.39 is 5.82 Å². The van der Waals surface area contributed by atoms with Crippen molar-refractivity contribution >= 4 is 30.1 Å². The maximum absolute atomic E-state index is 13.2. The fourth-order valence-corrected chi connectivity index (χ4v) is 4.34. The van der Waals surface area contributed by atoms with Crippen molar-refractivity contribution in [1.82, 2.24) is 35.3 Å². The van der Waals surface area contributed by atoms with Gasteiger partial charge in [-0.05, 0) is 59.2 Å². The monoisotopic (exact) mass is 505 g/mol. The standard InChI is InChI=1S/C26H32FN9O/c1-16(5-10-24(28-4)36-15-21(27)14-30-36)13-29-26(37)20-8-6-19(7-9-20)25-31-17(2)11-22(33-25)32-23-12-18(3)34-35-23/h5,10-12,14-15,19-20H,4,6-9,13H2,1-3H3,(H,29,37)(H2,31,32,33,34,35)/b16-5+,24-10+. The number of aryl methyl sites for hydroxylation is 2. The molecule has 11 heteroatoms. The van der Waals surface area contributed by atoms with Crippen LogP contribution in [0.3, 0.4) is 0 Å². The molecule has 1 amide bonds. The fourth-order valence-electron chi connectivity index (χ4n) is 4.34. The summed E-state index contributed by atoms with van der Waals surface area (Å²) in [7, 11) is 0. The fraction of sp³-hybridized carbons (Fsp3) is 0.385. The van der Waals surface area contributed by atoms with E-state index in [1.54, 1.807) is 6.08 Å². The van der Waals surface area contributed by atoms with E-state index in [0.717, 1.165) is 60.5 Å². The molecule has 1 saturated carbocycles. The van der Waals surface area contributed by atoms with Crippen molar-refractivity contribution in [1.29, 1.82) is 0 Å². The summed E-state index contributed by atoms with van der Waals surface area (Å²) in [4.78, 5) is 26.1. The molecule has 0 radical (unpaired) electrons. The van der Waals surface area contributed by atoms with Crippen molar-refractivity contribution < 1.29 is 9.18 Å². The Hall–Kier alpha value is -4.15.